The molecule has 3 nitrogen and oxygen atoms in total. The summed E-state index contributed by atoms with van der Waals surface area (Å²) in [5.74, 6) is -1.84. The smallest absolute Gasteiger partial charge is 0.324 e. The minimum atomic E-state index is -0.921. The molecule has 0 spiro atoms. The second-order valence-electron chi connectivity index (χ2n) is 5.96. The summed E-state index contributed by atoms with van der Waals surface area (Å²) < 4.78 is 6.03. The molecule has 2 atom stereocenters. The lowest BCUT2D eigenvalue weighted by Gasteiger charge is -2.23. The van der Waals surface area contributed by atoms with Gasteiger partial charge in [-0.1, -0.05) is 76.6 Å². The fourth-order valence-corrected chi connectivity index (χ4v) is 3.71. The molecule has 0 aliphatic heterocycles. The maximum atomic E-state index is 12.5. The average molecular weight is 408 g/mol. The Labute approximate surface area is 161 Å². The van der Waals surface area contributed by atoms with E-state index in [9.17, 15) is 10.1 Å². The van der Waals surface area contributed by atoms with Crippen molar-refractivity contribution in [3.8, 4) is 6.07 Å². The van der Waals surface area contributed by atoms with Crippen molar-refractivity contribution in [3.05, 3.63) is 82.3 Å². The fraction of sp³-hybridized carbons (Fsp3) is 0.182. The highest BCUT2D eigenvalue weighted by atomic mass is 79.9. The second kappa shape index (κ2) is 8.16. The number of benzene rings is 3. The molecule has 0 aliphatic rings. The Morgan fingerprint density at radius 1 is 1.08 bits per heavy atom. The molecule has 2 unspecified atom stereocenters. The van der Waals surface area contributed by atoms with Gasteiger partial charge in [0.05, 0.1) is 12.7 Å². The van der Waals surface area contributed by atoms with E-state index in [1.165, 1.54) is 0 Å². The molecule has 4 heteroatoms. The summed E-state index contributed by atoms with van der Waals surface area (Å²) in [6.07, 6.45) is 0. The van der Waals surface area contributed by atoms with Crippen LogP contribution in [0.5, 0.6) is 0 Å². The Kier molecular flexibility index (Phi) is 5.70. The predicted molar refractivity (Wildman–Crippen MR) is 106 cm³/mol. The number of ether oxygens (including phenoxy) is 1. The van der Waals surface area contributed by atoms with E-state index in [4.69, 9.17) is 4.74 Å². The van der Waals surface area contributed by atoms with Crippen molar-refractivity contribution in [2.24, 2.45) is 5.92 Å². The molecule has 0 radical (unpaired) electrons. The summed E-state index contributed by atoms with van der Waals surface area (Å²) in [6.45, 7) is 1.99. The molecule has 0 aliphatic carbocycles. The molecule has 0 saturated heterocycles. The lowest BCUT2D eigenvalue weighted by molar-refractivity contribution is -0.146. The molecule has 0 aromatic heterocycles. The van der Waals surface area contributed by atoms with Gasteiger partial charge in [0, 0.05) is 10.4 Å². The number of hydrogen-bond donors (Lipinski definition) is 0. The Morgan fingerprint density at radius 2 is 1.77 bits per heavy atom. The first-order valence-electron chi connectivity index (χ1n) is 8.45. The number of nitriles is 1. The number of nitrogens with zero attached hydrogens (tertiary/aromatic N) is 1. The van der Waals surface area contributed by atoms with Crippen molar-refractivity contribution in [3.63, 3.8) is 0 Å². The maximum absolute atomic E-state index is 12.5. The summed E-state index contributed by atoms with van der Waals surface area (Å²) in [5.41, 5.74) is 1.80. The summed E-state index contributed by atoms with van der Waals surface area (Å²) in [6, 6.07) is 23.9. The minimum Gasteiger partial charge on any atom is -0.465 e. The zero-order chi connectivity index (χ0) is 18.5. The van der Waals surface area contributed by atoms with E-state index < -0.39 is 17.8 Å². The lowest BCUT2D eigenvalue weighted by Crippen LogP contribution is -2.24. The average Bonchev–Trinajstić information content (AvgIpc) is 2.66. The standard InChI is InChI=1S/C22H18BrNO2/c1-2-26-22(25)19(14-24)21(18-9-5-6-10-20(18)23)17-12-11-15-7-3-4-8-16(15)13-17/h3-13,19,21H,2H2,1H3. The SMILES string of the molecule is CCOC(=O)C(C#N)C(c1ccc2ccccc2c1)c1ccccc1Br. The number of hydrogen-bond acceptors (Lipinski definition) is 3. The Bertz CT molecular complexity index is 977. The van der Waals surface area contributed by atoms with Gasteiger partial charge in [-0.15, -0.1) is 0 Å². The first-order valence-corrected chi connectivity index (χ1v) is 9.24. The van der Waals surface area contributed by atoms with Gasteiger partial charge in [0.25, 0.3) is 0 Å². The van der Waals surface area contributed by atoms with E-state index in [0.29, 0.717) is 0 Å². The summed E-state index contributed by atoms with van der Waals surface area (Å²) in [5, 5.41) is 11.9. The summed E-state index contributed by atoms with van der Waals surface area (Å²) in [4.78, 5) is 12.5. The third-order valence-corrected chi connectivity index (χ3v) is 5.11. The van der Waals surface area contributed by atoms with Gasteiger partial charge in [-0.25, -0.2) is 0 Å². The number of fused-ring (bicyclic) bond motifs is 1. The monoisotopic (exact) mass is 407 g/mol. The fourth-order valence-electron chi connectivity index (χ4n) is 3.18. The molecule has 0 amide bonds. The number of esters is 1. The maximum Gasteiger partial charge on any atom is 0.324 e. The van der Waals surface area contributed by atoms with Crippen LogP contribution in [-0.4, -0.2) is 12.6 Å². The molecule has 3 aromatic carbocycles. The van der Waals surface area contributed by atoms with Crippen molar-refractivity contribution < 1.29 is 9.53 Å². The van der Waals surface area contributed by atoms with E-state index in [0.717, 1.165) is 26.4 Å². The normalized spacial score (nSPS) is 13.0. The number of halogens is 1. The molecular formula is C22H18BrNO2. The molecule has 0 bridgehead atoms. The highest BCUT2D eigenvalue weighted by Crippen LogP contribution is 2.37. The topological polar surface area (TPSA) is 50.1 Å². The van der Waals surface area contributed by atoms with Crippen LogP contribution in [0.2, 0.25) is 0 Å². The molecular weight excluding hydrogens is 390 g/mol. The van der Waals surface area contributed by atoms with Gasteiger partial charge >= 0.3 is 5.97 Å². The van der Waals surface area contributed by atoms with Gasteiger partial charge in [0.2, 0.25) is 0 Å². The third kappa shape index (κ3) is 3.63. The van der Waals surface area contributed by atoms with Crippen LogP contribution < -0.4 is 0 Å². The molecule has 0 saturated carbocycles. The Morgan fingerprint density at radius 3 is 2.46 bits per heavy atom. The lowest BCUT2D eigenvalue weighted by atomic mass is 9.80. The zero-order valence-electron chi connectivity index (χ0n) is 14.4. The largest absolute Gasteiger partial charge is 0.465 e. The number of carbonyl (C=O) groups excluding carboxylic acids is 1. The van der Waals surface area contributed by atoms with Gasteiger partial charge in [-0.05, 0) is 34.9 Å². The predicted octanol–water partition coefficient (Wildman–Crippen LogP) is 5.44. The van der Waals surface area contributed by atoms with Crippen LogP contribution in [0.15, 0.2) is 71.2 Å². The van der Waals surface area contributed by atoms with E-state index >= 15 is 0 Å². The minimum absolute atomic E-state index is 0.247. The molecule has 130 valence electrons. The summed E-state index contributed by atoms with van der Waals surface area (Å²) in [7, 11) is 0. The molecule has 0 fully saturated rings. The van der Waals surface area contributed by atoms with E-state index in [1.54, 1.807) is 6.92 Å². The van der Waals surface area contributed by atoms with Crippen molar-refractivity contribution in [2.75, 3.05) is 6.61 Å². The molecule has 26 heavy (non-hydrogen) atoms. The van der Waals surface area contributed by atoms with Crippen molar-refractivity contribution >= 4 is 32.7 Å². The van der Waals surface area contributed by atoms with Crippen LogP contribution in [0.25, 0.3) is 10.8 Å². The molecule has 3 rings (SSSR count). The third-order valence-electron chi connectivity index (χ3n) is 4.39. The Hall–Kier alpha value is -2.64. The Balaban J connectivity index is 2.17. The number of rotatable bonds is 5. The van der Waals surface area contributed by atoms with Gasteiger partial charge in [0.1, 0.15) is 0 Å². The molecule has 0 N–H and O–H groups in total. The highest BCUT2D eigenvalue weighted by Gasteiger charge is 2.33. The molecule has 3 aromatic rings. The first kappa shape index (κ1) is 18.2. The van der Waals surface area contributed by atoms with E-state index in [-0.39, 0.29) is 6.61 Å². The van der Waals surface area contributed by atoms with Crippen LogP contribution in [0.4, 0.5) is 0 Å². The van der Waals surface area contributed by atoms with E-state index in [2.05, 4.69) is 22.0 Å². The van der Waals surface area contributed by atoms with Crippen LogP contribution in [0.3, 0.4) is 0 Å². The summed E-state index contributed by atoms with van der Waals surface area (Å²) >= 11 is 3.57. The van der Waals surface area contributed by atoms with Gasteiger partial charge in [-0.2, -0.15) is 5.26 Å². The van der Waals surface area contributed by atoms with Crippen LogP contribution in [0, 0.1) is 17.2 Å². The molecule has 0 heterocycles. The van der Waals surface area contributed by atoms with Gasteiger partial charge in [0.15, 0.2) is 5.92 Å². The van der Waals surface area contributed by atoms with Gasteiger partial charge < -0.3 is 4.74 Å². The van der Waals surface area contributed by atoms with Crippen molar-refractivity contribution in [1.82, 2.24) is 0 Å². The first-order chi connectivity index (χ1) is 12.7. The van der Waals surface area contributed by atoms with Crippen molar-refractivity contribution in [2.45, 2.75) is 12.8 Å². The van der Waals surface area contributed by atoms with Crippen LogP contribution >= 0.6 is 15.9 Å². The van der Waals surface area contributed by atoms with Gasteiger partial charge in [-0.3, -0.25) is 4.79 Å². The second-order valence-corrected chi connectivity index (χ2v) is 6.82. The van der Waals surface area contributed by atoms with Crippen molar-refractivity contribution in [1.29, 1.82) is 5.26 Å². The highest BCUT2D eigenvalue weighted by molar-refractivity contribution is 9.10. The van der Waals surface area contributed by atoms with Crippen LogP contribution in [0.1, 0.15) is 24.0 Å². The zero-order valence-corrected chi connectivity index (χ0v) is 15.9. The quantitative estimate of drug-likeness (QED) is 0.529. The number of carbonyl (C=O) groups is 1. The van der Waals surface area contributed by atoms with Crippen LogP contribution in [-0.2, 0) is 9.53 Å². The van der Waals surface area contributed by atoms with E-state index in [1.807, 2.05) is 66.7 Å².